The summed E-state index contributed by atoms with van der Waals surface area (Å²) in [7, 11) is 3.02. The fraction of sp³-hybridized carbons (Fsp3) is 0.273. The highest BCUT2D eigenvalue weighted by atomic mass is 16.5. The number of ether oxygens (including phenoxy) is 2. The van der Waals surface area contributed by atoms with Crippen LogP contribution in [0.3, 0.4) is 0 Å². The van der Waals surface area contributed by atoms with Gasteiger partial charge in [0.15, 0.2) is 17.3 Å². The van der Waals surface area contributed by atoms with Gasteiger partial charge in [-0.25, -0.2) is 0 Å². The minimum absolute atomic E-state index is 0.129. The first kappa shape index (κ1) is 11.1. The molecule has 1 rings (SSSR count). The van der Waals surface area contributed by atoms with Gasteiger partial charge in [-0.15, -0.1) is 0 Å². The normalized spacial score (nSPS) is 9.13. The molecule has 1 aromatic rings. The van der Waals surface area contributed by atoms with Gasteiger partial charge in [-0.1, -0.05) is 0 Å². The molecule has 78 valence electrons. The van der Waals surface area contributed by atoms with Gasteiger partial charge >= 0.3 is 0 Å². The van der Waals surface area contributed by atoms with E-state index in [-0.39, 0.29) is 12.2 Å². The third kappa shape index (κ3) is 2.47. The monoisotopic (exact) mass is 205 g/mol. The van der Waals surface area contributed by atoms with Crippen LogP contribution >= 0.6 is 0 Å². The topological polar surface area (TPSA) is 59.3 Å². The number of rotatable bonds is 4. The van der Waals surface area contributed by atoms with Crippen LogP contribution in [0.4, 0.5) is 0 Å². The highest BCUT2D eigenvalue weighted by molar-refractivity contribution is 5.97. The van der Waals surface area contributed by atoms with Crippen LogP contribution in [0.15, 0.2) is 18.2 Å². The van der Waals surface area contributed by atoms with Crippen molar-refractivity contribution in [2.45, 2.75) is 6.42 Å². The Kier molecular flexibility index (Phi) is 3.69. The first-order valence-corrected chi connectivity index (χ1v) is 4.35. The number of hydrogen-bond donors (Lipinski definition) is 0. The zero-order valence-electron chi connectivity index (χ0n) is 8.61. The second-order valence-electron chi connectivity index (χ2n) is 2.83. The van der Waals surface area contributed by atoms with Crippen molar-refractivity contribution in [3.63, 3.8) is 0 Å². The van der Waals surface area contributed by atoms with Crippen molar-refractivity contribution in [3.05, 3.63) is 23.8 Å². The number of Topliss-reactive ketones (excluding diaryl/α,β-unsaturated/α-hetero) is 1. The SMILES string of the molecule is COc1ccc(C(=O)CC#N)cc1OC. The number of carbonyl (C=O) groups is 1. The maximum atomic E-state index is 11.4. The lowest BCUT2D eigenvalue weighted by Crippen LogP contribution is -1.99. The molecule has 0 saturated heterocycles. The van der Waals surface area contributed by atoms with E-state index in [0.29, 0.717) is 17.1 Å². The van der Waals surface area contributed by atoms with Gasteiger partial charge in [-0.2, -0.15) is 5.26 Å². The fourth-order valence-corrected chi connectivity index (χ4v) is 1.18. The molecule has 0 spiro atoms. The number of methoxy groups -OCH3 is 2. The molecule has 0 amide bonds. The Balaban J connectivity index is 3.03. The first-order chi connectivity index (χ1) is 7.22. The molecule has 0 N–H and O–H groups in total. The molecule has 0 heterocycles. The maximum Gasteiger partial charge on any atom is 0.177 e. The third-order valence-corrected chi connectivity index (χ3v) is 1.95. The van der Waals surface area contributed by atoms with E-state index in [1.807, 2.05) is 6.07 Å². The summed E-state index contributed by atoms with van der Waals surface area (Å²) < 4.78 is 10.1. The van der Waals surface area contributed by atoms with Crippen molar-refractivity contribution in [1.29, 1.82) is 5.26 Å². The largest absolute Gasteiger partial charge is 0.493 e. The summed E-state index contributed by atoms with van der Waals surface area (Å²) in [5, 5.41) is 8.40. The molecule has 0 atom stereocenters. The standard InChI is InChI=1S/C11H11NO3/c1-14-10-4-3-8(7-11(10)15-2)9(13)5-6-12/h3-4,7H,5H2,1-2H3. The van der Waals surface area contributed by atoms with Crippen LogP contribution in [0, 0.1) is 11.3 Å². The number of hydrogen-bond acceptors (Lipinski definition) is 4. The predicted molar refractivity (Wildman–Crippen MR) is 54.1 cm³/mol. The quantitative estimate of drug-likeness (QED) is 0.703. The number of nitrogens with zero attached hydrogens (tertiary/aromatic N) is 1. The molecule has 15 heavy (non-hydrogen) atoms. The lowest BCUT2D eigenvalue weighted by atomic mass is 10.1. The molecule has 0 aliphatic carbocycles. The predicted octanol–water partition coefficient (Wildman–Crippen LogP) is 1.80. The van der Waals surface area contributed by atoms with Crippen LogP contribution in [0.2, 0.25) is 0 Å². The maximum absolute atomic E-state index is 11.4. The van der Waals surface area contributed by atoms with Crippen molar-refractivity contribution >= 4 is 5.78 Å². The van der Waals surface area contributed by atoms with E-state index in [2.05, 4.69) is 0 Å². The van der Waals surface area contributed by atoms with Gasteiger partial charge in [0.25, 0.3) is 0 Å². The van der Waals surface area contributed by atoms with E-state index in [1.54, 1.807) is 18.2 Å². The lowest BCUT2D eigenvalue weighted by molar-refractivity contribution is 0.0997. The molecule has 4 nitrogen and oxygen atoms in total. The molecule has 1 aromatic carbocycles. The molecular formula is C11H11NO3. The Hall–Kier alpha value is -2.02. The summed E-state index contributed by atoms with van der Waals surface area (Å²) in [5.74, 6) is 0.825. The van der Waals surface area contributed by atoms with Gasteiger partial charge in [-0.05, 0) is 18.2 Å². The van der Waals surface area contributed by atoms with Crippen LogP contribution in [0.5, 0.6) is 11.5 Å². The number of ketones is 1. The van der Waals surface area contributed by atoms with Gasteiger partial charge in [-0.3, -0.25) is 4.79 Å². The summed E-state index contributed by atoms with van der Waals surface area (Å²) in [6, 6.07) is 6.63. The fourth-order valence-electron chi connectivity index (χ4n) is 1.18. The summed E-state index contributed by atoms with van der Waals surface area (Å²) in [6.45, 7) is 0. The Morgan fingerprint density at radius 1 is 1.33 bits per heavy atom. The number of benzene rings is 1. The summed E-state index contributed by atoms with van der Waals surface area (Å²) >= 11 is 0. The molecule has 0 aliphatic heterocycles. The van der Waals surface area contributed by atoms with Crippen LogP contribution in [-0.4, -0.2) is 20.0 Å². The Labute approximate surface area is 88.0 Å². The number of carbonyl (C=O) groups excluding carboxylic acids is 1. The van der Waals surface area contributed by atoms with Crippen molar-refractivity contribution in [2.75, 3.05) is 14.2 Å². The van der Waals surface area contributed by atoms with Gasteiger partial charge in [0.1, 0.15) is 0 Å². The highest BCUT2D eigenvalue weighted by Gasteiger charge is 2.09. The van der Waals surface area contributed by atoms with Crippen molar-refractivity contribution in [2.24, 2.45) is 0 Å². The summed E-state index contributed by atoms with van der Waals surface area (Å²) in [5.41, 5.74) is 0.453. The second kappa shape index (κ2) is 5.01. The summed E-state index contributed by atoms with van der Waals surface area (Å²) in [6.07, 6.45) is -0.129. The molecule has 0 radical (unpaired) electrons. The average molecular weight is 205 g/mol. The lowest BCUT2D eigenvalue weighted by Gasteiger charge is -2.07. The van der Waals surface area contributed by atoms with Gasteiger partial charge < -0.3 is 9.47 Å². The molecule has 0 fully saturated rings. The zero-order valence-corrected chi connectivity index (χ0v) is 8.61. The Morgan fingerprint density at radius 3 is 2.53 bits per heavy atom. The molecule has 4 heteroatoms. The molecule has 0 bridgehead atoms. The van der Waals surface area contributed by atoms with E-state index < -0.39 is 0 Å². The zero-order chi connectivity index (χ0) is 11.3. The number of nitriles is 1. The Morgan fingerprint density at radius 2 is 2.00 bits per heavy atom. The second-order valence-corrected chi connectivity index (χ2v) is 2.83. The van der Waals surface area contributed by atoms with E-state index >= 15 is 0 Å². The minimum atomic E-state index is -0.224. The molecular weight excluding hydrogens is 194 g/mol. The van der Waals surface area contributed by atoms with Crippen molar-refractivity contribution < 1.29 is 14.3 Å². The highest BCUT2D eigenvalue weighted by Crippen LogP contribution is 2.27. The molecule has 0 aliphatic rings. The third-order valence-electron chi connectivity index (χ3n) is 1.95. The molecule has 0 unspecified atom stereocenters. The van der Waals surface area contributed by atoms with E-state index in [1.165, 1.54) is 14.2 Å². The van der Waals surface area contributed by atoms with Crippen LogP contribution in [0.1, 0.15) is 16.8 Å². The van der Waals surface area contributed by atoms with Crippen LogP contribution in [-0.2, 0) is 0 Å². The summed E-state index contributed by atoms with van der Waals surface area (Å²) in [4.78, 5) is 11.4. The van der Waals surface area contributed by atoms with Gasteiger partial charge in [0.05, 0.1) is 26.7 Å². The van der Waals surface area contributed by atoms with E-state index in [9.17, 15) is 4.79 Å². The van der Waals surface area contributed by atoms with Crippen LogP contribution < -0.4 is 9.47 Å². The van der Waals surface area contributed by atoms with Crippen molar-refractivity contribution in [3.8, 4) is 17.6 Å². The van der Waals surface area contributed by atoms with E-state index in [4.69, 9.17) is 14.7 Å². The minimum Gasteiger partial charge on any atom is -0.493 e. The molecule has 0 aromatic heterocycles. The van der Waals surface area contributed by atoms with Crippen molar-refractivity contribution in [1.82, 2.24) is 0 Å². The van der Waals surface area contributed by atoms with Crippen LogP contribution in [0.25, 0.3) is 0 Å². The molecule has 0 saturated carbocycles. The first-order valence-electron chi connectivity index (χ1n) is 4.35. The van der Waals surface area contributed by atoms with E-state index in [0.717, 1.165) is 0 Å². The Bertz CT molecular complexity index is 407. The van der Waals surface area contributed by atoms with Gasteiger partial charge in [0.2, 0.25) is 0 Å². The average Bonchev–Trinajstić information content (AvgIpc) is 2.28. The van der Waals surface area contributed by atoms with Gasteiger partial charge in [0, 0.05) is 5.56 Å². The smallest absolute Gasteiger partial charge is 0.177 e.